The van der Waals surface area contributed by atoms with Gasteiger partial charge in [-0.25, -0.2) is 8.78 Å². The van der Waals surface area contributed by atoms with E-state index in [0.29, 0.717) is 42.0 Å². The summed E-state index contributed by atoms with van der Waals surface area (Å²) in [6, 6.07) is 9.49. The minimum atomic E-state index is -1.02. The molecule has 1 aliphatic heterocycles. The summed E-state index contributed by atoms with van der Waals surface area (Å²) >= 11 is 0. The lowest BCUT2D eigenvalue weighted by Gasteiger charge is -2.31. The number of anilines is 1. The summed E-state index contributed by atoms with van der Waals surface area (Å²) in [6.45, 7) is 4.11. The van der Waals surface area contributed by atoms with Gasteiger partial charge in [0.25, 0.3) is 0 Å². The first-order chi connectivity index (χ1) is 16.9. The second-order valence-corrected chi connectivity index (χ2v) is 8.92. The second kappa shape index (κ2) is 10.9. The number of carbonyl (C=O) groups is 2. The van der Waals surface area contributed by atoms with Crippen molar-refractivity contribution in [2.45, 2.75) is 39.2 Å². The summed E-state index contributed by atoms with van der Waals surface area (Å²) in [6.07, 6.45) is 1.67. The van der Waals surface area contributed by atoms with Gasteiger partial charge in [0.05, 0.1) is 12.1 Å². The van der Waals surface area contributed by atoms with Crippen molar-refractivity contribution in [3.05, 3.63) is 59.3 Å². The number of para-hydroxylation sites is 1. The summed E-state index contributed by atoms with van der Waals surface area (Å²) in [5, 5.41) is 4.84. The van der Waals surface area contributed by atoms with Crippen molar-refractivity contribution in [2.24, 2.45) is 0 Å². The topological polar surface area (TPSA) is 69.9 Å². The number of fused-ring (bicyclic) bond motifs is 2. The van der Waals surface area contributed by atoms with Gasteiger partial charge in [-0.2, -0.15) is 0 Å². The molecule has 1 aliphatic rings. The maximum absolute atomic E-state index is 14.3. The number of benzene rings is 2. The highest BCUT2D eigenvalue weighted by Crippen LogP contribution is 2.28. The molecule has 1 aromatic heterocycles. The van der Waals surface area contributed by atoms with Gasteiger partial charge < -0.3 is 19.2 Å². The third kappa shape index (κ3) is 5.67. The Morgan fingerprint density at radius 2 is 1.71 bits per heavy atom. The summed E-state index contributed by atoms with van der Waals surface area (Å²) in [5.41, 5.74) is 1.84. The first-order valence-corrected chi connectivity index (χ1v) is 11.9. The minimum absolute atomic E-state index is 0.0173. The monoisotopic (exact) mass is 484 g/mol. The Kier molecular flexibility index (Phi) is 7.75. The van der Waals surface area contributed by atoms with Crippen LogP contribution < -0.4 is 4.90 Å². The molecule has 0 N–H and O–H groups in total. The summed E-state index contributed by atoms with van der Waals surface area (Å²) < 4.78 is 34.0. The number of aromatic nitrogens is 1. The fourth-order valence-electron chi connectivity index (χ4n) is 4.49. The van der Waals surface area contributed by atoms with Crippen LogP contribution in [0.25, 0.3) is 11.0 Å². The Hall–Kier alpha value is -3.33. The third-order valence-corrected chi connectivity index (χ3v) is 6.39. The second-order valence-electron chi connectivity index (χ2n) is 8.92. The predicted molar refractivity (Wildman–Crippen MR) is 129 cm³/mol. The van der Waals surface area contributed by atoms with Crippen LogP contribution in [0.2, 0.25) is 0 Å². The quantitative estimate of drug-likeness (QED) is 0.559. The molecule has 0 unspecified atom stereocenters. The van der Waals surface area contributed by atoms with E-state index in [1.54, 1.807) is 17.9 Å². The number of nitrogens with zero attached hydrogens (tertiary/aromatic N) is 4. The van der Waals surface area contributed by atoms with Gasteiger partial charge in [0, 0.05) is 37.5 Å². The number of amides is 2. The van der Waals surface area contributed by atoms with Crippen LogP contribution in [0.3, 0.4) is 0 Å². The number of carbonyl (C=O) groups excluding carboxylic acids is 2. The van der Waals surface area contributed by atoms with E-state index < -0.39 is 11.6 Å². The predicted octanol–water partition coefficient (Wildman–Crippen LogP) is 4.15. The minimum Gasteiger partial charge on any atom is -0.356 e. The smallest absolute Gasteiger partial charge is 0.229 e. The van der Waals surface area contributed by atoms with Gasteiger partial charge in [-0.15, -0.1) is 0 Å². The van der Waals surface area contributed by atoms with Crippen LogP contribution in [0, 0.1) is 11.6 Å². The van der Waals surface area contributed by atoms with Crippen molar-refractivity contribution in [1.82, 2.24) is 15.0 Å². The zero-order valence-corrected chi connectivity index (χ0v) is 20.1. The molecule has 0 aliphatic carbocycles. The molecule has 2 amide bonds. The molecule has 2 heterocycles. The van der Waals surface area contributed by atoms with Crippen LogP contribution in [-0.4, -0.2) is 60.0 Å². The normalized spacial score (nSPS) is 16.0. The van der Waals surface area contributed by atoms with Crippen molar-refractivity contribution in [2.75, 3.05) is 38.1 Å². The van der Waals surface area contributed by atoms with E-state index in [1.807, 2.05) is 25.2 Å². The molecule has 9 heteroatoms. The van der Waals surface area contributed by atoms with Gasteiger partial charge in [-0.1, -0.05) is 24.2 Å². The lowest BCUT2D eigenvalue weighted by Crippen LogP contribution is -2.38. The number of halogens is 2. The van der Waals surface area contributed by atoms with E-state index in [0.717, 1.165) is 37.0 Å². The van der Waals surface area contributed by atoms with E-state index in [9.17, 15) is 18.4 Å². The highest BCUT2D eigenvalue weighted by molar-refractivity contribution is 5.94. The van der Waals surface area contributed by atoms with Gasteiger partial charge in [0.15, 0.2) is 17.2 Å². The fourth-order valence-corrected chi connectivity index (χ4v) is 4.49. The van der Waals surface area contributed by atoms with Gasteiger partial charge in [-0.05, 0) is 56.7 Å². The molecule has 0 atom stereocenters. The number of hydrogen-bond acceptors (Lipinski definition) is 5. The van der Waals surface area contributed by atoms with Crippen molar-refractivity contribution < 1.29 is 22.9 Å². The van der Waals surface area contributed by atoms with E-state index in [1.165, 1.54) is 4.90 Å². The molecule has 0 radical (unpaired) electrons. The zero-order valence-electron chi connectivity index (χ0n) is 20.1. The van der Waals surface area contributed by atoms with Crippen LogP contribution in [0.4, 0.5) is 14.5 Å². The highest BCUT2D eigenvalue weighted by Gasteiger charge is 2.25. The first-order valence-electron chi connectivity index (χ1n) is 11.9. The van der Waals surface area contributed by atoms with Crippen molar-refractivity contribution in [1.29, 1.82) is 0 Å². The molecule has 3 aromatic rings. The van der Waals surface area contributed by atoms with Crippen molar-refractivity contribution in [3.8, 4) is 0 Å². The molecule has 0 fully saturated rings. The zero-order chi connectivity index (χ0) is 24.9. The molecule has 4 rings (SSSR count). The van der Waals surface area contributed by atoms with Gasteiger partial charge >= 0.3 is 0 Å². The molecule has 0 bridgehead atoms. The molecular formula is C26H30F2N4O3. The van der Waals surface area contributed by atoms with E-state index in [4.69, 9.17) is 4.52 Å². The molecule has 0 saturated carbocycles. The summed E-state index contributed by atoms with van der Waals surface area (Å²) in [7, 11) is 1.99. The Balaban J connectivity index is 1.69. The number of hydrogen-bond donors (Lipinski definition) is 0. The molecule has 7 nitrogen and oxygen atoms in total. The van der Waals surface area contributed by atoms with Gasteiger partial charge in [0.1, 0.15) is 5.69 Å². The van der Waals surface area contributed by atoms with E-state index in [-0.39, 0.29) is 31.2 Å². The largest absolute Gasteiger partial charge is 0.356 e. The van der Waals surface area contributed by atoms with Crippen molar-refractivity contribution in [3.63, 3.8) is 0 Å². The fraction of sp³-hybridized carbons (Fsp3) is 0.423. The van der Waals surface area contributed by atoms with Gasteiger partial charge in [-0.3, -0.25) is 9.59 Å². The van der Waals surface area contributed by atoms with Crippen molar-refractivity contribution >= 4 is 28.5 Å². The van der Waals surface area contributed by atoms with Crippen LogP contribution >= 0.6 is 0 Å². The molecular weight excluding hydrogens is 454 g/mol. The lowest BCUT2D eigenvalue weighted by molar-refractivity contribution is -0.131. The Labute approximate surface area is 203 Å². The summed E-state index contributed by atoms with van der Waals surface area (Å²) in [4.78, 5) is 31.5. The van der Waals surface area contributed by atoms with E-state index in [2.05, 4.69) is 10.1 Å². The highest BCUT2D eigenvalue weighted by atomic mass is 19.2. The van der Waals surface area contributed by atoms with Crippen LogP contribution in [0.5, 0.6) is 0 Å². The third-order valence-electron chi connectivity index (χ3n) is 6.39. The SMILES string of the molecule is CCC(=O)N1CCCN(C)CCCN(C(=O)Cc2noc3ccccc23)Cc2cc(F)c(F)cc21. The molecule has 0 saturated heterocycles. The molecule has 186 valence electrons. The molecule has 2 aromatic carbocycles. The van der Waals surface area contributed by atoms with Gasteiger partial charge in [0.2, 0.25) is 11.8 Å². The maximum atomic E-state index is 14.3. The average Bonchev–Trinajstić information content (AvgIpc) is 3.25. The first kappa shape index (κ1) is 24.8. The van der Waals surface area contributed by atoms with Crippen LogP contribution in [-0.2, 0) is 22.6 Å². The molecule has 35 heavy (non-hydrogen) atoms. The van der Waals surface area contributed by atoms with E-state index >= 15 is 0 Å². The maximum Gasteiger partial charge on any atom is 0.229 e. The Bertz CT molecular complexity index is 1210. The molecule has 0 spiro atoms. The lowest BCUT2D eigenvalue weighted by atomic mass is 10.1. The Morgan fingerprint density at radius 1 is 1.00 bits per heavy atom. The Morgan fingerprint density at radius 3 is 2.49 bits per heavy atom. The van der Waals surface area contributed by atoms with Crippen LogP contribution in [0.15, 0.2) is 40.9 Å². The van der Waals surface area contributed by atoms with Crippen LogP contribution in [0.1, 0.15) is 37.4 Å². The standard InChI is InChI=1S/C26H30F2N4O3/c1-3-25(33)32-13-7-11-30(2)10-6-12-31(17-18-14-20(27)21(28)15-23(18)32)26(34)16-22-19-8-4-5-9-24(19)35-29-22/h4-5,8-9,14-15H,3,6-7,10-13,16-17H2,1-2H3. The number of rotatable bonds is 3. The summed E-state index contributed by atoms with van der Waals surface area (Å²) in [5.74, 6) is -2.40. The average molecular weight is 485 g/mol.